The lowest BCUT2D eigenvalue weighted by Gasteiger charge is -2.28. The quantitative estimate of drug-likeness (QED) is 0.502. The van der Waals surface area contributed by atoms with Crippen LogP contribution in [0.1, 0.15) is 68.9 Å². The van der Waals surface area contributed by atoms with Gasteiger partial charge in [-0.25, -0.2) is 0 Å². The van der Waals surface area contributed by atoms with Gasteiger partial charge in [-0.1, -0.05) is 44.1 Å². The molecule has 1 aromatic rings. The summed E-state index contributed by atoms with van der Waals surface area (Å²) in [5.74, 6) is 0.632. The van der Waals surface area contributed by atoms with E-state index >= 15 is 0 Å². The van der Waals surface area contributed by atoms with E-state index in [0.717, 1.165) is 25.0 Å². The highest BCUT2D eigenvalue weighted by atomic mass is 16.5. The normalized spacial score (nSPS) is 21.8. The van der Waals surface area contributed by atoms with E-state index in [9.17, 15) is 0 Å². The maximum Gasteiger partial charge on any atom is 0.0991 e. The van der Waals surface area contributed by atoms with Gasteiger partial charge in [0, 0.05) is 0 Å². The summed E-state index contributed by atoms with van der Waals surface area (Å²) in [7, 11) is 0. The second-order valence-corrected chi connectivity index (χ2v) is 6.15. The summed E-state index contributed by atoms with van der Waals surface area (Å²) in [5, 5.41) is 8.85. The topological polar surface area (TPSA) is 33.0 Å². The van der Waals surface area contributed by atoms with Gasteiger partial charge < -0.3 is 4.74 Å². The molecule has 0 N–H and O–H groups in total. The zero-order chi connectivity index (χ0) is 15.6. The van der Waals surface area contributed by atoms with Gasteiger partial charge >= 0.3 is 0 Å². The smallest absolute Gasteiger partial charge is 0.0991 e. The molecule has 0 atom stereocenters. The van der Waals surface area contributed by atoms with Crippen LogP contribution < -0.4 is 0 Å². The number of unbranched alkanes of at least 4 members (excludes halogenated alkanes) is 2. The predicted molar refractivity (Wildman–Crippen MR) is 90.8 cm³/mol. The number of hydrogen-bond donors (Lipinski definition) is 0. The Bertz CT molecular complexity index is 489. The molecule has 2 heteroatoms. The van der Waals surface area contributed by atoms with Crippen LogP contribution in [0.25, 0.3) is 0 Å². The van der Waals surface area contributed by atoms with Crippen molar-refractivity contribution in [2.75, 3.05) is 6.61 Å². The Morgan fingerprint density at radius 1 is 1.14 bits per heavy atom. The number of rotatable bonds is 7. The highest BCUT2D eigenvalue weighted by molar-refractivity contribution is 5.33. The molecule has 2 rings (SSSR count). The first-order valence-corrected chi connectivity index (χ1v) is 8.60. The van der Waals surface area contributed by atoms with Gasteiger partial charge in [-0.2, -0.15) is 5.26 Å². The van der Waals surface area contributed by atoms with Gasteiger partial charge in [-0.05, 0) is 55.7 Å². The Balaban J connectivity index is 1.69. The molecule has 22 heavy (non-hydrogen) atoms. The van der Waals surface area contributed by atoms with Gasteiger partial charge in [0.05, 0.1) is 24.3 Å². The molecule has 118 valence electrons. The second-order valence-electron chi connectivity index (χ2n) is 6.15. The molecule has 0 spiro atoms. The van der Waals surface area contributed by atoms with E-state index in [1.807, 2.05) is 12.1 Å². The van der Waals surface area contributed by atoms with Gasteiger partial charge in [-0.3, -0.25) is 0 Å². The molecular formula is C20H27NO. The van der Waals surface area contributed by atoms with Crippen molar-refractivity contribution in [3.63, 3.8) is 0 Å². The van der Waals surface area contributed by atoms with E-state index < -0.39 is 0 Å². The summed E-state index contributed by atoms with van der Waals surface area (Å²) in [6, 6.07) is 10.3. The minimum atomic E-state index is 0.422. The van der Waals surface area contributed by atoms with Crippen molar-refractivity contribution in [1.29, 1.82) is 5.26 Å². The third-order valence-corrected chi connectivity index (χ3v) is 4.50. The SMILES string of the molecule is CCCCC=CCOC1CCC(c2ccc(C#N)cc2)CC1. The molecule has 1 aliphatic carbocycles. The maximum absolute atomic E-state index is 8.85. The summed E-state index contributed by atoms with van der Waals surface area (Å²) in [6.07, 6.45) is 13.2. The van der Waals surface area contributed by atoms with Crippen LogP contribution in [0.4, 0.5) is 0 Å². The van der Waals surface area contributed by atoms with Crippen LogP contribution in [-0.4, -0.2) is 12.7 Å². The van der Waals surface area contributed by atoms with E-state index in [-0.39, 0.29) is 0 Å². The number of ether oxygens (including phenoxy) is 1. The average Bonchev–Trinajstić information content (AvgIpc) is 2.59. The summed E-state index contributed by atoms with van der Waals surface area (Å²) in [6.45, 7) is 2.98. The summed E-state index contributed by atoms with van der Waals surface area (Å²) in [5.41, 5.74) is 2.12. The lowest BCUT2D eigenvalue weighted by molar-refractivity contribution is 0.0422. The Morgan fingerprint density at radius 2 is 1.86 bits per heavy atom. The number of allylic oxidation sites excluding steroid dienone is 1. The zero-order valence-corrected chi connectivity index (χ0v) is 13.6. The Kier molecular flexibility index (Phi) is 7.19. The summed E-state index contributed by atoms with van der Waals surface area (Å²) < 4.78 is 5.95. The Morgan fingerprint density at radius 3 is 2.50 bits per heavy atom. The molecule has 2 nitrogen and oxygen atoms in total. The molecule has 1 fully saturated rings. The molecule has 0 unspecified atom stereocenters. The molecule has 1 aliphatic rings. The summed E-state index contributed by atoms with van der Waals surface area (Å²) >= 11 is 0. The molecule has 0 aliphatic heterocycles. The fourth-order valence-electron chi connectivity index (χ4n) is 3.09. The van der Waals surface area contributed by atoms with E-state index in [1.165, 1.54) is 37.7 Å². The molecule has 0 heterocycles. The van der Waals surface area contributed by atoms with Gasteiger partial charge in [0.15, 0.2) is 0 Å². The van der Waals surface area contributed by atoms with Crippen LogP contribution in [0.15, 0.2) is 36.4 Å². The standard InChI is InChI=1S/C20H27NO/c1-2-3-4-5-6-15-22-20-13-11-19(12-14-20)18-9-7-17(16-21)8-10-18/h5-10,19-20H,2-4,11-15H2,1H3. The van der Waals surface area contributed by atoms with Crippen molar-refractivity contribution in [3.05, 3.63) is 47.5 Å². The van der Waals surface area contributed by atoms with Crippen molar-refractivity contribution in [2.24, 2.45) is 0 Å². The van der Waals surface area contributed by atoms with Gasteiger partial charge in [0.1, 0.15) is 0 Å². The molecule has 0 bridgehead atoms. The highest BCUT2D eigenvalue weighted by Crippen LogP contribution is 2.34. The first-order valence-electron chi connectivity index (χ1n) is 8.60. The van der Waals surface area contributed by atoms with Gasteiger partial charge in [0.2, 0.25) is 0 Å². The van der Waals surface area contributed by atoms with Crippen molar-refractivity contribution >= 4 is 0 Å². The number of hydrogen-bond acceptors (Lipinski definition) is 2. The van der Waals surface area contributed by atoms with Crippen LogP contribution in [0.2, 0.25) is 0 Å². The molecule has 0 saturated heterocycles. The third kappa shape index (κ3) is 5.31. The minimum Gasteiger partial charge on any atom is -0.374 e. The van der Waals surface area contributed by atoms with Crippen molar-refractivity contribution in [1.82, 2.24) is 0 Å². The highest BCUT2D eigenvalue weighted by Gasteiger charge is 2.22. The lowest BCUT2D eigenvalue weighted by Crippen LogP contribution is -2.20. The van der Waals surface area contributed by atoms with Crippen LogP contribution in [0.3, 0.4) is 0 Å². The van der Waals surface area contributed by atoms with Crippen molar-refractivity contribution in [2.45, 2.75) is 63.9 Å². The first-order chi connectivity index (χ1) is 10.8. The van der Waals surface area contributed by atoms with E-state index in [2.05, 4.69) is 37.3 Å². The second kappa shape index (κ2) is 9.43. The van der Waals surface area contributed by atoms with Crippen molar-refractivity contribution < 1.29 is 4.74 Å². The first kappa shape index (κ1) is 16.8. The summed E-state index contributed by atoms with van der Waals surface area (Å²) in [4.78, 5) is 0. The molecule has 0 aromatic heterocycles. The van der Waals surface area contributed by atoms with Gasteiger partial charge in [0.25, 0.3) is 0 Å². The number of nitriles is 1. The predicted octanol–water partition coefficient (Wildman–Crippen LogP) is 5.35. The van der Waals surface area contributed by atoms with E-state index in [0.29, 0.717) is 12.0 Å². The van der Waals surface area contributed by atoms with Crippen molar-refractivity contribution in [3.8, 4) is 6.07 Å². The van der Waals surface area contributed by atoms with Crippen LogP contribution in [0, 0.1) is 11.3 Å². The van der Waals surface area contributed by atoms with Crippen LogP contribution >= 0.6 is 0 Å². The van der Waals surface area contributed by atoms with Crippen LogP contribution in [0.5, 0.6) is 0 Å². The Hall–Kier alpha value is -1.59. The Labute approximate surface area is 134 Å². The van der Waals surface area contributed by atoms with Gasteiger partial charge in [-0.15, -0.1) is 0 Å². The molecule has 0 amide bonds. The molecule has 1 aromatic carbocycles. The minimum absolute atomic E-state index is 0.422. The van der Waals surface area contributed by atoms with E-state index in [4.69, 9.17) is 10.00 Å². The third-order valence-electron chi connectivity index (χ3n) is 4.50. The van der Waals surface area contributed by atoms with Crippen LogP contribution in [-0.2, 0) is 4.74 Å². The molecular weight excluding hydrogens is 270 g/mol. The number of benzene rings is 1. The maximum atomic E-state index is 8.85. The monoisotopic (exact) mass is 297 g/mol. The fourth-order valence-corrected chi connectivity index (χ4v) is 3.09. The molecule has 0 radical (unpaired) electrons. The lowest BCUT2D eigenvalue weighted by atomic mass is 9.82. The average molecular weight is 297 g/mol. The van der Waals surface area contributed by atoms with E-state index in [1.54, 1.807) is 0 Å². The number of nitrogens with zero attached hydrogens (tertiary/aromatic N) is 1. The fraction of sp³-hybridized carbons (Fsp3) is 0.550. The zero-order valence-electron chi connectivity index (χ0n) is 13.6. The molecule has 1 saturated carbocycles. The largest absolute Gasteiger partial charge is 0.374 e.